The number of hydrogen-bond donors (Lipinski definition) is 2. The molecule has 1 fully saturated rings. The number of rotatable bonds is 4. The van der Waals surface area contributed by atoms with Crippen molar-refractivity contribution in [2.45, 2.75) is 52.0 Å². The summed E-state index contributed by atoms with van der Waals surface area (Å²) in [6.45, 7) is 6.88. The molecule has 3 N–H and O–H groups in total. The molecule has 1 rings (SSSR count). The second-order valence-electron chi connectivity index (χ2n) is 5.27. The smallest absolute Gasteiger partial charge is 0.233 e. The van der Waals surface area contributed by atoms with E-state index in [0.29, 0.717) is 6.42 Å². The Bertz CT molecular complexity index is 313. The van der Waals surface area contributed by atoms with Crippen molar-refractivity contribution in [1.82, 2.24) is 4.90 Å². The summed E-state index contributed by atoms with van der Waals surface area (Å²) in [5.74, 6) is -0.466. The monoisotopic (exact) mass is 241 g/mol. The highest BCUT2D eigenvalue weighted by Gasteiger charge is 2.39. The van der Waals surface area contributed by atoms with Crippen LogP contribution < -0.4 is 5.73 Å². The maximum Gasteiger partial charge on any atom is 0.233 e. The maximum absolute atomic E-state index is 12.4. The fourth-order valence-corrected chi connectivity index (χ4v) is 2.46. The Morgan fingerprint density at radius 1 is 1.59 bits per heavy atom. The van der Waals surface area contributed by atoms with Crippen LogP contribution in [0.1, 0.15) is 46.5 Å². The average molecular weight is 241 g/mol. The number of hydrogen-bond acceptors (Lipinski definition) is 3. The van der Waals surface area contributed by atoms with Crippen molar-refractivity contribution in [1.29, 1.82) is 0 Å². The van der Waals surface area contributed by atoms with Crippen LogP contribution >= 0.6 is 0 Å². The first-order chi connectivity index (χ1) is 7.94. The van der Waals surface area contributed by atoms with Gasteiger partial charge < -0.3 is 15.8 Å². The minimum Gasteiger partial charge on any atom is -0.409 e. The number of amidine groups is 1. The third-order valence-corrected chi connectivity index (χ3v) is 3.51. The number of likely N-dealkylation sites (tertiary alicyclic amines) is 1. The molecule has 5 heteroatoms. The summed E-state index contributed by atoms with van der Waals surface area (Å²) < 4.78 is 0. The van der Waals surface area contributed by atoms with Crippen molar-refractivity contribution in [3.05, 3.63) is 0 Å². The number of nitrogens with zero attached hydrogens (tertiary/aromatic N) is 2. The molecule has 17 heavy (non-hydrogen) atoms. The first-order valence-electron chi connectivity index (χ1n) is 6.23. The van der Waals surface area contributed by atoms with Gasteiger partial charge in [0.1, 0.15) is 0 Å². The third-order valence-electron chi connectivity index (χ3n) is 3.51. The molecular weight excluding hydrogens is 218 g/mol. The molecule has 98 valence electrons. The van der Waals surface area contributed by atoms with Crippen LogP contribution in [0.5, 0.6) is 0 Å². The van der Waals surface area contributed by atoms with Gasteiger partial charge in [-0.2, -0.15) is 0 Å². The molecule has 0 aromatic rings. The first-order valence-corrected chi connectivity index (χ1v) is 6.23. The van der Waals surface area contributed by atoms with Crippen molar-refractivity contribution in [3.63, 3.8) is 0 Å². The van der Waals surface area contributed by atoms with E-state index in [1.807, 2.05) is 11.8 Å². The lowest BCUT2D eigenvalue weighted by Gasteiger charge is -2.34. The topological polar surface area (TPSA) is 78.9 Å². The Labute approximate surface area is 103 Å². The fourth-order valence-electron chi connectivity index (χ4n) is 2.46. The Morgan fingerprint density at radius 3 is 2.65 bits per heavy atom. The zero-order chi connectivity index (χ0) is 13.1. The second-order valence-corrected chi connectivity index (χ2v) is 5.27. The molecule has 0 radical (unpaired) electrons. The SMILES string of the molecule is CCCC(C(=O)N1CCCC1(C)C)C(N)=NO. The molecule has 0 bridgehead atoms. The Kier molecular flexibility index (Phi) is 4.37. The van der Waals surface area contributed by atoms with Gasteiger partial charge in [-0.05, 0) is 33.1 Å². The predicted octanol–water partition coefficient (Wildman–Crippen LogP) is 1.55. The summed E-state index contributed by atoms with van der Waals surface area (Å²) in [5.41, 5.74) is 5.50. The lowest BCUT2D eigenvalue weighted by molar-refractivity contribution is -0.136. The van der Waals surface area contributed by atoms with Gasteiger partial charge in [0.05, 0.1) is 5.92 Å². The summed E-state index contributed by atoms with van der Waals surface area (Å²) >= 11 is 0. The Balaban J connectivity index is 2.85. The van der Waals surface area contributed by atoms with Crippen LogP contribution in [0.3, 0.4) is 0 Å². The molecule has 0 aromatic heterocycles. The van der Waals surface area contributed by atoms with Crippen LogP contribution in [0.15, 0.2) is 5.16 Å². The quantitative estimate of drug-likeness (QED) is 0.339. The van der Waals surface area contributed by atoms with E-state index >= 15 is 0 Å². The zero-order valence-electron chi connectivity index (χ0n) is 10.9. The standard InChI is InChI=1S/C12H23N3O2/c1-4-6-9(10(13)14-17)11(16)15-8-5-7-12(15,2)3/h9,17H,4-8H2,1-3H3,(H2,13,14). The van der Waals surface area contributed by atoms with Gasteiger partial charge in [0.25, 0.3) is 0 Å². The van der Waals surface area contributed by atoms with E-state index in [1.54, 1.807) is 0 Å². The number of oxime groups is 1. The van der Waals surface area contributed by atoms with Crippen molar-refractivity contribution >= 4 is 11.7 Å². The average Bonchev–Trinajstić information content (AvgIpc) is 2.64. The molecule has 0 spiro atoms. The summed E-state index contributed by atoms with van der Waals surface area (Å²) in [7, 11) is 0. The number of amides is 1. The van der Waals surface area contributed by atoms with Gasteiger partial charge in [0.2, 0.25) is 5.91 Å². The molecule has 0 aliphatic carbocycles. The van der Waals surface area contributed by atoms with Crippen LogP contribution in [0.4, 0.5) is 0 Å². The largest absolute Gasteiger partial charge is 0.409 e. The van der Waals surface area contributed by atoms with Gasteiger partial charge in [-0.3, -0.25) is 4.79 Å². The van der Waals surface area contributed by atoms with Crippen LogP contribution in [0.2, 0.25) is 0 Å². The second kappa shape index (κ2) is 5.38. The van der Waals surface area contributed by atoms with Crippen LogP contribution in [0, 0.1) is 5.92 Å². The number of nitrogens with two attached hydrogens (primary N) is 1. The van der Waals surface area contributed by atoms with Crippen LogP contribution in [-0.2, 0) is 4.79 Å². The van der Waals surface area contributed by atoms with E-state index in [9.17, 15) is 4.79 Å². The van der Waals surface area contributed by atoms with Gasteiger partial charge in [-0.25, -0.2) is 0 Å². The maximum atomic E-state index is 12.4. The highest BCUT2D eigenvalue weighted by molar-refractivity contribution is 6.02. The van der Waals surface area contributed by atoms with Gasteiger partial charge in [-0.1, -0.05) is 18.5 Å². The van der Waals surface area contributed by atoms with Gasteiger partial charge in [0, 0.05) is 12.1 Å². The molecular formula is C12H23N3O2. The minimum atomic E-state index is -0.484. The molecule has 0 saturated carbocycles. The normalized spacial score (nSPS) is 21.6. The summed E-state index contributed by atoms with van der Waals surface area (Å²) in [6, 6.07) is 0. The Morgan fingerprint density at radius 2 is 2.24 bits per heavy atom. The molecule has 1 aliphatic heterocycles. The highest BCUT2D eigenvalue weighted by Crippen LogP contribution is 2.30. The summed E-state index contributed by atoms with van der Waals surface area (Å²) in [6.07, 6.45) is 3.49. The fraction of sp³-hybridized carbons (Fsp3) is 0.833. The van der Waals surface area contributed by atoms with Crippen molar-refractivity contribution in [3.8, 4) is 0 Å². The third kappa shape index (κ3) is 2.90. The predicted molar refractivity (Wildman–Crippen MR) is 66.8 cm³/mol. The Hall–Kier alpha value is -1.26. The number of carbonyl (C=O) groups excluding carboxylic acids is 1. The van der Waals surface area contributed by atoms with E-state index in [-0.39, 0.29) is 17.3 Å². The molecule has 1 amide bonds. The van der Waals surface area contributed by atoms with Crippen LogP contribution in [-0.4, -0.2) is 33.9 Å². The van der Waals surface area contributed by atoms with Crippen molar-refractivity contribution in [2.24, 2.45) is 16.8 Å². The van der Waals surface area contributed by atoms with E-state index in [2.05, 4.69) is 19.0 Å². The lowest BCUT2D eigenvalue weighted by Crippen LogP contribution is -2.48. The van der Waals surface area contributed by atoms with Gasteiger partial charge >= 0.3 is 0 Å². The van der Waals surface area contributed by atoms with E-state index in [4.69, 9.17) is 10.9 Å². The molecule has 1 aliphatic rings. The van der Waals surface area contributed by atoms with Crippen molar-refractivity contribution in [2.75, 3.05) is 6.54 Å². The van der Waals surface area contributed by atoms with E-state index in [1.165, 1.54) is 0 Å². The highest BCUT2D eigenvalue weighted by atomic mass is 16.4. The van der Waals surface area contributed by atoms with Gasteiger partial charge in [-0.15, -0.1) is 0 Å². The molecule has 1 unspecified atom stereocenters. The molecule has 5 nitrogen and oxygen atoms in total. The summed E-state index contributed by atoms with van der Waals surface area (Å²) in [5, 5.41) is 11.7. The number of carbonyl (C=O) groups is 1. The zero-order valence-corrected chi connectivity index (χ0v) is 10.9. The first kappa shape index (κ1) is 13.8. The molecule has 1 atom stereocenters. The lowest BCUT2D eigenvalue weighted by atomic mass is 9.97. The van der Waals surface area contributed by atoms with E-state index < -0.39 is 5.92 Å². The van der Waals surface area contributed by atoms with Crippen molar-refractivity contribution < 1.29 is 10.0 Å². The van der Waals surface area contributed by atoms with E-state index in [0.717, 1.165) is 25.8 Å². The minimum absolute atomic E-state index is 0.00958. The molecule has 1 heterocycles. The molecule has 1 saturated heterocycles. The summed E-state index contributed by atoms with van der Waals surface area (Å²) in [4.78, 5) is 14.3. The molecule has 0 aromatic carbocycles. The van der Waals surface area contributed by atoms with Gasteiger partial charge in [0.15, 0.2) is 5.84 Å². The van der Waals surface area contributed by atoms with Crippen LogP contribution in [0.25, 0.3) is 0 Å².